The highest BCUT2D eigenvalue weighted by molar-refractivity contribution is 6.30. The number of nitrogens with one attached hydrogen (secondary N) is 1. The van der Waals surface area contributed by atoms with Gasteiger partial charge in [0.15, 0.2) is 0 Å². The van der Waals surface area contributed by atoms with Crippen LogP contribution in [-0.2, 0) is 9.59 Å². The molecule has 6 nitrogen and oxygen atoms in total. The lowest BCUT2D eigenvalue weighted by Crippen LogP contribution is -2.38. The van der Waals surface area contributed by atoms with E-state index in [4.69, 9.17) is 11.6 Å². The molecule has 1 atom stereocenters. The Kier molecular flexibility index (Phi) is 5.80. The predicted molar refractivity (Wildman–Crippen MR) is 109 cm³/mol. The summed E-state index contributed by atoms with van der Waals surface area (Å²) in [5.41, 5.74) is 1.99. The minimum atomic E-state index is -0.890. The number of urea groups is 1. The number of amides is 4. The number of hydrogen-bond acceptors (Lipinski definition) is 3. The Hall–Kier alpha value is -3.12. The number of carbonyl (C=O) groups is 3. The summed E-state index contributed by atoms with van der Waals surface area (Å²) in [6.45, 7) is 5.70. The van der Waals surface area contributed by atoms with Crippen LogP contribution in [0.1, 0.15) is 12.0 Å². The third kappa shape index (κ3) is 4.07. The zero-order valence-corrected chi connectivity index (χ0v) is 16.1. The molecule has 1 aliphatic heterocycles. The van der Waals surface area contributed by atoms with Gasteiger partial charge in [0.25, 0.3) is 5.91 Å². The molecular formula is C21H20ClN3O3. The first-order chi connectivity index (χ1) is 13.4. The largest absolute Gasteiger partial charge is 0.332 e. The first-order valence-electron chi connectivity index (χ1n) is 8.78. The van der Waals surface area contributed by atoms with E-state index in [0.717, 1.165) is 10.5 Å². The van der Waals surface area contributed by atoms with Crippen LogP contribution >= 0.6 is 11.6 Å². The average Bonchev–Trinajstić information content (AvgIpc) is 2.88. The van der Waals surface area contributed by atoms with Crippen molar-refractivity contribution in [2.24, 2.45) is 0 Å². The van der Waals surface area contributed by atoms with Crippen LogP contribution in [0.15, 0.2) is 61.2 Å². The molecule has 4 amide bonds. The lowest BCUT2D eigenvalue weighted by atomic mass is 10.1. The minimum absolute atomic E-state index is 0.149. The molecule has 144 valence electrons. The first kappa shape index (κ1) is 19.6. The molecule has 0 saturated carbocycles. The lowest BCUT2D eigenvalue weighted by molar-refractivity contribution is -0.124. The third-order valence-electron chi connectivity index (χ3n) is 4.41. The van der Waals surface area contributed by atoms with Crippen LogP contribution in [0.2, 0.25) is 5.02 Å². The monoisotopic (exact) mass is 397 g/mol. The molecule has 1 fully saturated rings. The summed E-state index contributed by atoms with van der Waals surface area (Å²) in [4.78, 5) is 40.8. The number of anilines is 2. The van der Waals surface area contributed by atoms with Gasteiger partial charge in [-0.1, -0.05) is 29.8 Å². The van der Waals surface area contributed by atoms with Crippen molar-refractivity contribution in [2.45, 2.75) is 19.4 Å². The van der Waals surface area contributed by atoms with E-state index in [0.29, 0.717) is 16.4 Å². The predicted octanol–water partition coefficient (Wildman–Crippen LogP) is 4.00. The van der Waals surface area contributed by atoms with E-state index in [2.05, 4.69) is 11.9 Å². The molecule has 0 unspecified atom stereocenters. The van der Waals surface area contributed by atoms with Crippen molar-refractivity contribution in [1.82, 2.24) is 4.90 Å². The lowest BCUT2D eigenvalue weighted by Gasteiger charge is -2.19. The number of imide groups is 1. The summed E-state index contributed by atoms with van der Waals surface area (Å²) in [6.07, 6.45) is 1.39. The smallest absolute Gasteiger partial charge is 0.326 e. The van der Waals surface area contributed by atoms with Gasteiger partial charge < -0.3 is 10.2 Å². The summed E-state index contributed by atoms with van der Waals surface area (Å²) >= 11 is 5.84. The molecule has 2 aromatic carbocycles. The van der Waals surface area contributed by atoms with Gasteiger partial charge in [0, 0.05) is 17.3 Å². The standard InChI is InChI=1S/C21H20ClN3O3/c1-3-11-24-18(13-19(26)23-16-9-7-15(22)8-10-16)20(27)25(21(24)28)17-6-4-5-14(2)12-17/h3-10,12,18H,1,11,13H2,2H3,(H,23,26)/t18-/m1/s1. The summed E-state index contributed by atoms with van der Waals surface area (Å²) in [5.74, 6) is -0.794. The second kappa shape index (κ2) is 8.27. The van der Waals surface area contributed by atoms with Gasteiger partial charge in [-0.2, -0.15) is 0 Å². The SMILES string of the molecule is C=CCN1C(=O)N(c2cccc(C)c2)C(=O)[C@H]1CC(=O)Nc1ccc(Cl)cc1. The molecule has 2 aromatic rings. The molecule has 0 spiro atoms. The Morgan fingerprint density at radius 2 is 1.93 bits per heavy atom. The molecular weight excluding hydrogens is 378 g/mol. The van der Waals surface area contributed by atoms with Gasteiger partial charge in [-0.05, 0) is 48.9 Å². The maximum absolute atomic E-state index is 13.0. The quantitative estimate of drug-likeness (QED) is 0.591. The fourth-order valence-corrected chi connectivity index (χ4v) is 3.23. The molecule has 7 heteroatoms. The van der Waals surface area contributed by atoms with Gasteiger partial charge in [-0.25, -0.2) is 9.69 Å². The van der Waals surface area contributed by atoms with Crippen LogP contribution in [0, 0.1) is 6.92 Å². The van der Waals surface area contributed by atoms with Crippen molar-refractivity contribution in [2.75, 3.05) is 16.8 Å². The molecule has 28 heavy (non-hydrogen) atoms. The number of nitrogens with zero attached hydrogens (tertiary/aromatic N) is 2. The Morgan fingerprint density at radius 1 is 1.21 bits per heavy atom. The number of carbonyl (C=O) groups excluding carboxylic acids is 3. The van der Waals surface area contributed by atoms with Crippen LogP contribution in [0.4, 0.5) is 16.2 Å². The number of benzene rings is 2. The Bertz CT molecular complexity index is 927. The van der Waals surface area contributed by atoms with Crippen molar-refractivity contribution < 1.29 is 14.4 Å². The first-order valence-corrected chi connectivity index (χ1v) is 9.16. The fraction of sp³-hybridized carbons (Fsp3) is 0.190. The maximum atomic E-state index is 13.0. The summed E-state index contributed by atoms with van der Waals surface area (Å²) in [6, 6.07) is 12.4. The van der Waals surface area contributed by atoms with E-state index in [1.807, 2.05) is 13.0 Å². The van der Waals surface area contributed by atoms with Gasteiger partial charge in [0.2, 0.25) is 5.91 Å². The number of hydrogen-bond donors (Lipinski definition) is 1. The maximum Gasteiger partial charge on any atom is 0.332 e. The molecule has 0 bridgehead atoms. The van der Waals surface area contributed by atoms with Gasteiger partial charge in [-0.15, -0.1) is 6.58 Å². The highest BCUT2D eigenvalue weighted by atomic mass is 35.5. The molecule has 0 aliphatic carbocycles. The normalized spacial score (nSPS) is 16.4. The van der Waals surface area contributed by atoms with Gasteiger partial charge in [-0.3, -0.25) is 9.59 Å². The van der Waals surface area contributed by atoms with E-state index in [9.17, 15) is 14.4 Å². The zero-order valence-electron chi connectivity index (χ0n) is 15.4. The van der Waals surface area contributed by atoms with E-state index in [1.165, 1.54) is 11.0 Å². The van der Waals surface area contributed by atoms with Gasteiger partial charge in [0.05, 0.1) is 12.1 Å². The molecule has 3 rings (SSSR count). The number of aryl methyl sites for hydroxylation is 1. The van der Waals surface area contributed by atoms with Crippen LogP contribution in [-0.4, -0.2) is 35.3 Å². The highest BCUT2D eigenvalue weighted by Crippen LogP contribution is 2.27. The average molecular weight is 398 g/mol. The van der Waals surface area contributed by atoms with Crippen LogP contribution in [0.25, 0.3) is 0 Å². The third-order valence-corrected chi connectivity index (χ3v) is 4.66. The second-order valence-corrected chi connectivity index (χ2v) is 6.95. The van der Waals surface area contributed by atoms with E-state index >= 15 is 0 Å². The number of halogens is 1. The van der Waals surface area contributed by atoms with Crippen molar-refractivity contribution in [3.63, 3.8) is 0 Å². The fourth-order valence-electron chi connectivity index (χ4n) is 3.11. The molecule has 1 aliphatic rings. The topological polar surface area (TPSA) is 69.7 Å². The molecule has 0 aromatic heterocycles. The minimum Gasteiger partial charge on any atom is -0.326 e. The second-order valence-electron chi connectivity index (χ2n) is 6.51. The molecule has 1 heterocycles. The van der Waals surface area contributed by atoms with Gasteiger partial charge in [0.1, 0.15) is 6.04 Å². The van der Waals surface area contributed by atoms with E-state index in [1.54, 1.807) is 42.5 Å². The number of rotatable bonds is 6. The Balaban J connectivity index is 1.80. The molecule has 1 N–H and O–H groups in total. The summed E-state index contributed by atoms with van der Waals surface area (Å²) < 4.78 is 0. The summed E-state index contributed by atoms with van der Waals surface area (Å²) in [7, 11) is 0. The molecule has 1 saturated heterocycles. The Labute approximate surface area is 168 Å². The van der Waals surface area contributed by atoms with Crippen molar-refractivity contribution in [3.05, 3.63) is 71.8 Å². The van der Waals surface area contributed by atoms with E-state index < -0.39 is 18.0 Å². The summed E-state index contributed by atoms with van der Waals surface area (Å²) in [5, 5.41) is 3.28. The zero-order chi connectivity index (χ0) is 20.3. The van der Waals surface area contributed by atoms with Crippen LogP contribution in [0.5, 0.6) is 0 Å². The molecule has 0 radical (unpaired) electrons. The van der Waals surface area contributed by atoms with Crippen LogP contribution < -0.4 is 10.2 Å². The van der Waals surface area contributed by atoms with Crippen LogP contribution in [0.3, 0.4) is 0 Å². The van der Waals surface area contributed by atoms with Crippen molar-refractivity contribution >= 4 is 40.8 Å². The Morgan fingerprint density at radius 3 is 2.57 bits per heavy atom. The van der Waals surface area contributed by atoms with Gasteiger partial charge >= 0.3 is 6.03 Å². The highest BCUT2D eigenvalue weighted by Gasteiger charge is 2.46. The van der Waals surface area contributed by atoms with E-state index in [-0.39, 0.29) is 18.9 Å². The van der Waals surface area contributed by atoms with Crippen molar-refractivity contribution in [1.29, 1.82) is 0 Å². The van der Waals surface area contributed by atoms with Crippen molar-refractivity contribution in [3.8, 4) is 0 Å².